The van der Waals surface area contributed by atoms with Crippen molar-refractivity contribution in [2.75, 3.05) is 13.2 Å². The third-order valence-corrected chi connectivity index (χ3v) is 7.66. The Balaban J connectivity index is 1.82. The summed E-state index contributed by atoms with van der Waals surface area (Å²) in [6.45, 7) is 14.0. The van der Waals surface area contributed by atoms with E-state index in [0.29, 0.717) is 36.9 Å². The Kier molecular flexibility index (Phi) is 5.24. The van der Waals surface area contributed by atoms with Crippen molar-refractivity contribution < 1.29 is 19.1 Å². The maximum atomic E-state index is 11.7. The minimum absolute atomic E-state index is 0.0102. The van der Waals surface area contributed by atoms with Gasteiger partial charge in [-0.25, -0.2) is 0 Å². The summed E-state index contributed by atoms with van der Waals surface area (Å²) in [6.07, 6.45) is 6.61. The lowest BCUT2D eigenvalue weighted by molar-refractivity contribution is -0.142. The van der Waals surface area contributed by atoms with Crippen molar-refractivity contribution in [3.63, 3.8) is 0 Å². The zero-order valence-electron chi connectivity index (χ0n) is 16.8. The summed E-state index contributed by atoms with van der Waals surface area (Å²) in [4.78, 5) is 23.1. The summed E-state index contributed by atoms with van der Waals surface area (Å²) < 4.78 is 10.6. The number of cyclic esters (lactones) is 1. The molecule has 0 aromatic heterocycles. The molecule has 1 heterocycles. The van der Waals surface area contributed by atoms with Gasteiger partial charge in [0.25, 0.3) is 0 Å². The second-order valence-electron chi connectivity index (χ2n) is 9.66. The third-order valence-electron chi connectivity index (χ3n) is 7.66. The molecule has 4 heteroatoms. The van der Waals surface area contributed by atoms with Gasteiger partial charge in [-0.15, -0.1) is 0 Å². The number of hydrogen-bond donors (Lipinski definition) is 0. The van der Waals surface area contributed by atoms with E-state index in [4.69, 9.17) is 9.47 Å². The summed E-state index contributed by atoms with van der Waals surface area (Å²) in [7, 11) is 0. The molecule has 3 rings (SSSR count). The van der Waals surface area contributed by atoms with Gasteiger partial charge in [-0.2, -0.15) is 0 Å². The van der Waals surface area contributed by atoms with Crippen LogP contribution in [0.25, 0.3) is 0 Å². The number of fused-ring (bicyclic) bond motifs is 1. The molecule has 0 unspecified atom stereocenters. The second kappa shape index (κ2) is 7.01. The third kappa shape index (κ3) is 3.44. The van der Waals surface area contributed by atoms with Crippen molar-refractivity contribution in [1.82, 2.24) is 0 Å². The molecule has 0 radical (unpaired) electrons. The van der Waals surface area contributed by atoms with Gasteiger partial charge in [0.15, 0.2) is 0 Å². The maximum Gasteiger partial charge on any atom is 0.306 e. The Labute approximate surface area is 157 Å². The first kappa shape index (κ1) is 19.4. The monoisotopic (exact) mass is 362 g/mol. The molecule has 0 aromatic rings. The van der Waals surface area contributed by atoms with Gasteiger partial charge >= 0.3 is 11.9 Å². The van der Waals surface area contributed by atoms with Crippen LogP contribution >= 0.6 is 0 Å². The van der Waals surface area contributed by atoms with Crippen LogP contribution in [0.1, 0.15) is 66.2 Å². The summed E-state index contributed by atoms with van der Waals surface area (Å²) in [5, 5.41) is 0. The lowest BCUT2D eigenvalue weighted by atomic mass is 9.54. The number of esters is 2. The van der Waals surface area contributed by atoms with Crippen molar-refractivity contribution >= 4 is 11.9 Å². The molecule has 0 amide bonds. The first-order valence-electron chi connectivity index (χ1n) is 10.1. The van der Waals surface area contributed by atoms with Crippen LogP contribution in [0.5, 0.6) is 0 Å². The summed E-state index contributed by atoms with van der Waals surface area (Å²) in [5.41, 5.74) is 1.81. The van der Waals surface area contributed by atoms with Crippen LogP contribution in [0.4, 0.5) is 0 Å². The molecule has 0 spiro atoms. The maximum absolute atomic E-state index is 11.7. The van der Waals surface area contributed by atoms with Crippen LogP contribution in [-0.4, -0.2) is 25.2 Å². The number of carbonyl (C=O) groups excluding carboxylic acids is 2. The molecule has 146 valence electrons. The fraction of sp³-hybridized carbons (Fsp3) is 0.818. The molecule has 2 saturated carbocycles. The van der Waals surface area contributed by atoms with E-state index < -0.39 is 0 Å². The molecule has 2 aliphatic carbocycles. The number of ether oxygens (including phenoxy) is 2. The van der Waals surface area contributed by atoms with E-state index in [-0.39, 0.29) is 29.2 Å². The van der Waals surface area contributed by atoms with Crippen LogP contribution in [-0.2, 0) is 19.1 Å². The fourth-order valence-electron chi connectivity index (χ4n) is 6.38. The average molecular weight is 363 g/mol. The molecular weight excluding hydrogens is 328 g/mol. The van der Waals surface area contributed by atoms with E-state index in [1.165, 1.54) is 38.2 Å². The normalized spacial score (nSPS) is 36.9. The van der Waals surface area contributed by atoms with Crippen LogP contribution in [0, 0.1) is 34.5 Å². The highest BCUT2D eigenvalue weighted by Gasteiger charge is 2.55. The largest absolute Gasteiger partial charge is 0.465 e. The van der Waals surface area contributed by atoms with Crippen molar-refractivity contribution in [1.29, 1.82) is 0 Å². The number of carbonyl (C=O) groups is 2. The van der Waals surface area contributed by atoms with E-state index in [9.17, 15) is 9.59 Å². The van der Waals surface area contributed by atoms with Crippen LogP contribution < -0.4 is 0 Å². The Morgan fingerprint density at radius 2 is 2.04 bits per heavy atom. The van der Waals surface area contributed by atoms with Crippen molar-refractivity contribution in [2.24, 2.45) is 34.5 Å². The molecule has 4 nitrogen and oxygen atoms in total. The highest BCUT2D eigenvalue weighted by molar-refractivity contribution is 5.71. The minimum Gasteiger partial charge on any atom is -0.465 e. The van der Waals surface area contributed by atoms with E-state index >= 15 is 0 Å². The van der Waals surface area contributed by atoms with Gasteiger partial charge in [-0.05, 0) is 48.3 Å². The lowest BCUT2D eigenvalue weighted by Crippen LogP contribution is -2.43. The van der Waals surface area contributed by atoms with E-state index in [0.717, 1.165) is 6.42 Å². The number of rotatable bonds is 5. The Hall–Kier alpha value is -1.32. The Morgan fingerprint density at radius 1 is 1.31 bits per heavy atom. The van der Waals surface area contributed by atoms with Gasteiger partial charge < -0.3 is 9.47 Å². The zero-order chi connectivity index (χ0) is 19.1. The van der Waals surface area contributed by atoms with Crippen molar-refractivity contribution in [3.8, 4) is 0 Å². The van der Waals surface area contributed by atoms with Crippen LogP contribution in [0.3, 0.4) is 0 Å². The standard InChI is InChI=1S/C22H34O4/c1-14(17(13-25-15(2)23)16-11-20(24)26-12-16)18-7-8-19-21(3,4)9-6-10-22(18,19)5/h16-19H,1,6-13H2,2-5H3/t16-,17-,18+,19-,22+/m0/s1. The van der Waals surface area contributed by atoms with Gasteiger partial charge in [0.2, 0.25) is 0 Å². The van der Waals surface area contributed by atoms with Gasteiger partial charge in [-0.3, -0.25) is 9.59 Å². The first-order chi connectivity index (χ1) is 12.1. The highest BCUT2D eigenvalue weighted by atomic mass is 16.5. The van der Waals surface area contributed by atoms with Crippen molar-refractivity contribution in [2.45, 2.75) is 66.2 Å². The first-order valence-corrected chi connectivity index (χ1v) is 10.1. The van der Waals surface area contributed by atoms with Crippen LogP contribution in [0.2, 0.25) is 0 Å². The molecule has 26 heavy (non-hydrogen) atoms. The molecule has 3 aliphatic rings. The second-order valence-corrected chi connectivity index (χ2v) is 9.66. The molecule has 0 bridgehead atoms. The topological polar surface area (TPSA) is 52.6 Å². The Morgan fingerprint density at radius 3 is 2.65 bits per heavy atom. The molecular formula is C22H34O4. The van der Waals surface area contributed by atoms with Gasteiger partial charge in [0, 0.05) is 18.8 Å². The van der Waals surface area contributed by atoms with Gasteiger partial charge in [0.1, 0.15) is 0 Å². The predicted molar refractivity (Wildman–Crippen MR) is 100 cm³/mol. The smallest absolute Gasteiger partial charge is 0.306 e. The summed E-state index contributed by atoms with van der Waals surface area (Å²) in [6, 6.07) is 0. The quantitative estimate of drug-likeness (QED) is 0.533. The molecule has 0 N–H and O–H groups in total. The van der Waals surface area contributed by atoms with E-state index in [1.54, 1.807) is 0 Å². The molecule has 0 aromatic carbocycles. The van der Waals surface area contributed by atoms with Gasteiger partial charge in [-0.1, -0.05) is 39.3 Å². The average Bonchev–Trinajstić information content (AvgIpc) is 3.11. The Bertz CT molecular complexity index is 593. The fourth-order valence-corrected chi connectivity index (χ4v) is 6.38. The summed E-state index contributed by atoms with van der Waals surface area (Å²) >= 11 is 0. The van der Waals surface area contributed by atoms with Crippen LogP contribution in [0.15, 0.2) is 12.2 Å². The lowest BCUT2D eigenvalue weighted by Gasteiger charge is -2.50. The highest BCUT2D eigenvalue weighted by Crippen LogP contribution is 2.64. The van der Waals surface area contributed by atoms with E-state index in [2.05, 4.69) is 27.4 Å². The van der Waals surface area contributed by atoms with Crippen molar-refractivity contribution in [3.05, 3.63) is 12.2 Å². The molecule has 5 atom stereocenters. The molecule has 1 aliphatic heterocycles. The molecule has 3 fully saturated rings. The number of hydrogen-bond acceptors (Lipinski definition) is 4. The molecule has 1 saturated heterocycles. The zero-order valence-corrected chi connectivity index (χ0v) is 16.8. The van der Waals surface area contributed by atoms with E-state index in [1.807, 2.05) is 0 Å². The minimum atomic E-state index is -0.276. The predicted octanol–water partition coefficient (Wildman–Crippen LogP) is 4.53. The SMILES string of the molecule is C=C([C@H]1CC[C@H]2C(C)(C)CCC[C@]12C)[C@H](COC(C)=O)[C@@H]1COC(=O)C1. The summed E-state index contributed by atoms with van der Waals surface area (Å²) in [5.74, 6) is 0.807. The van der Waals surface area contributed by atoms with Gasteiger partial charge in [0.05, 0.1) is 19.6 Å².